The number of nitrogens with zero attached hydrogens (tertiary/aromatic N) is 1. The molecule has 4 N–H and O–H groups in total. The van der Waals surface area contributed by atoms with E-state index in [1.807, 2.05) is 12.1 Å². The van der Waals surface area contributed by atoms with Crippen LogP contribution in [0.5, 0.6) is 0 Å². The zero-order valence-electron chi connectivity index (χ0n) is 9.93. The van der Waals surface area contributed by atoms with Crippen LogP contribution in [0.4, 0.5) is 0 Å². The Morgan fingerprint density at radius 3 is 2.65 bits per heavy atom. The van der Waals surface area contributed by atoms with Gasteiger partial charge >= 0.3 is 0 Å². The lowest BCUT2D eigenvalue weighted by Crippen LogP contribution is -2.27. The van der Waals surface area contributed by atoms with Crippen molar-refractivity contribution in [1.82, 2.24) is 4.90 Å². The summed E-state index contributed by atoms with van der Waals surface area (Å²) in [6, 6.07) is 8.18. The summed E-state index contributed by atoms with van der Waals surface area (Å²) < 4.78 is 0. The molecule has 1 saturated heterocycles. The van der Waals surface area contributed by atoms with E-state index in [1.165, 1.54) is 11.1 Å². The second-order valence-corrected chi connectivity index (χ2v) is 4.60. The lowest BCUT2D eigenvalue weighted by molar-refractivity contribution is -0.121. The van der Waals surface area contributed by atoms with Gasteiger partial charge in [-0.15, -0.1) is 0 Å². The molecular weight excluding hydrogens is 214 g/mol. The second kappa shape index (κ2) is 5.29. The Bertz CT molecular complexity index is 405. The molecule has 1 aromatic rings. The van der Waals surface area contributed by atoms with Crippen molar-refractivity contribution in [3.8, 4) is 0 Å². The Morgan fingerprint density at radius 2 is 2.06 bits per heavy atom. The van der Waals surface area contributed by atoms with Gasteiger partial charge in [-0.25, -0.2) is 0 Å². The van der Waals surface area contributed by atoms with Crippen molar-refractivity contribution in [1.29, 1.82) is 0 Å². The van der Waals surface area contributed by atoms with Crippen molar-refractivity contribution < 1.29 is 4.79 Å². The molecule has 2 rings (SSSR count). The van der Waals surface area contributed by atoms with E-state index in [-0.39, 0.29) is 11.8 Å². The number of carbonyl (C=O) groups excluding carboxylic acids is 1. The van der Waals surface area contributed by atoms with E-state index < -0.39 is 0 Å². The van der Waals surface area contributed by atoms with Gasteiger partial charge in [0.25, 0.3) is 0 Å². The molecule has 1 aliphatic heterocycles. The van der Waals surface area contributed by atoms with Crippen LogP contribution in [0.15, 0.2) is 24.3 Å². The van der Waals surface area contributed by atoms with Gasteiger partial charge in [0, 0.05) is 19.6 Å². The van der Waals surface area contributed by atoms with Crippen molar-refractivity contribution in [2.24, 2.45) is 17.4 Å². The van der Waals surface area contributed by atoms with Crippen LogP contribution in [0.25, 0.3) is 0 Å². The molecule has 1 unspecified atom stereocenters. The first-order valence-electron chi connectivity index (χ1n) is 5.99. The van der Waals surface area contributed by atoms with Crippen LogP contribution in [0.2, 0.25) is 0 Å². The van der Waals surface area contributed by atoms with Crippen LogP contribution < -0.4 is 11.5 Å². The Kier molecular flexibility index (Phi) is 3.76. The quantitative estimate of drug-likeness (QED) is 0.793. The Morgan fingerprint density at radius 1 is 1.35 bits per heavy atom. The standard InChI is InChI=1S/C13H19N3O/c14-7-10-3-1-2-4-11(10)8-16-6-5-12(9-16)13(15)17/h1-4,12H,5-9,14H2,(H2,15,17). The summed E-state index contributed by atoms with van der Waals surface area (Å²) in [5, 5.41) is 0. The molecule has 0 aliphatic carbocycles. The highest BCUT2D eigenvalue weighted by molar-refractivity contribution is 5.77. The summed E-state index contributed by atoms with van der Waals surface area (Å²) in [5.41, 5.74) is 13.5. The minimum Gasteiger partial charge on any atom is -0.369 e. The molecule has 1 amide bonds. The van der Waals surface area contributed by atoms with Gasteiger partial charge < -0.3 is 11.5 Å². The number of carbonyl (C=O) groups is 1. The molecule has 1 heterocycles. The number of nitrogens with two attached hydrogens (primary N) is 2. The summed E-state index contributed by atoms with van der Waals surface area (Å²) in [6.07, 6.45) is 0.875. The number of benzene rings is 1. The number of hydrogen-bond acceptors (Lipinski definition) is 3. The van der Waals surface area contributed by atoms with E-state index >= 15 is 0 Å². The van der Waals surface area contributed by atoms with Gasteiger partial charge in [0.1, 0.15) is 0 Å². The fraction of sp³-hybridized carbons (Fsp3) is 0.462. The maximum absolute atomic E-state index is 11.1. The third kappa shape index (κ3) is 2.84. The topological polar surface area (TPSA) is 72.3 Å². The Balaban J connectivity index is 2.00. The van der Waals surface area contributed by atoms with Crippen molar-refractivity contribution >= 4 is 5.91 Å². The van der Waals surface area contributed by atoms with Crippen LogP contribution in [0.1, 0.15) is 17.5 Å². The number of likely N-dealkylation sites (tertiary alicyclic amines) is 1. The maximum Gasteiger partial charge on any atom is 0.221 e. The molecular formula is C13H19N3O. The lowest BCUT2D eigenvalue weighted by Gasteiger charge is -2.17. The van der Waals surface area contributed by atoms with Gasteiger partial charge in [-0.3, -0.25) is 9.69 Å². The monoisotopic (exact) mass is 233 g/mol. The molecule has 1 aromatic carbocycles. The van der Waals surface area contributed by atoms with Crippen LogP contribution in [-0.2, 0) is 17.9 Å². The summed E-state index contributed by atoms with van der Waals surface area (Å²) in [5.74, 6) is -0.167. The highest BCUT2D eigenvalue weighted by Crippen LogP contribution is 2.19. The number of primary amides is 1. The molecule has 0 saturated carbocycles. The average molecular weight is 233 g/mol. The lowest BCUT2D eigenvalue weighted by atomic mass is 10.1. The predicted molar refractivity (Wildman–Crippen MR) is 66.9 cm³/mol. The first-order valence-corrected chi connectivity index (χ1v) is 5.99. The van der Waals surface area contributed by atoms with E-state index in [4.69, 9.17) is 11.5 Å². The molecule has 0 radical (unpaired) electrons. The number of hydrogen-bond donors (Lipinski definition) is 2. The molecule has 92 valence electrons. The van der Waals surface area contributed by atoms with Gasteiger partial charge in [-0.05, 0) is 24.1 Å². The first-order chi connectivity index (χ1) is 8.20. The van der Waals surface area contributed by atoms with Gasteiger partial charge in [0.2, 0.25) is 5.91 Å². The smallest absolute Gasteiger partial charge is 0.221 e. The third-order valence-electron chi connectivity index (χ3n) is 3.41. The van der Waals surface area contributed by atoms with Gasteiger partial charge in [0.05, 0.1) is 5.92 Å². The predicted octanol–water partition coefficient (Wildman–Crippen LogP) is 0.453. The Labute approximate surface area is 102 Å². The first kappa shape index (κ1) is 12.1. The zero-order valence-corrected chi connectivity index (χ0v) is 9.93. The van der Waals surface area contributed by atoms with E-state index in [2.05, 4.69) is 17.0 Å². The second-order valence-electron chi connectivity index (χ2n) is 4.60. The largest absolute Gasteiger partial charge is 0.369 e. The number of amides is 1. The van der Waals surface area contributed by atoms with Crippen molar-refractivity contribution in [2.45, 2.75) is 19.5 Å². The summed E-state index contributed by atoms with van der Waals surface area (Å²) in [7, 11) is 0. The fourth-order valence-electron chi connectivity index (χ4n) is 2.36. The molecule has 17 heavy (non-hydrogen) atoms. The molecule has 0 aromatic heterocycles. The zero-order chi connectivity index (χ0) is 12.3. The molecule has 1 atom stereocenters. The maximum atomic E-state index is 11.1. The Hall–Kier alpha value is -1.39. The van der Waals surface area contributed by atoms with Crippen molar-refractivity contribution in [2.75, 3.05) is 13.1 Å². The molecule has 1 aliphatic rings. The van der Waals surface area contributed by atoms with Crippen LogP contribution in [0.3, 0.4) is 0 Å². The van der Waals surface area contributed by atoms with E-state index in [1.54, 1.807) is 0 Å². The SMILES string of the molecule is NCc1ccccc1CN1CCC(C(N)=O)C1. The molecule has 0 spiro atoms. The number of rotatable bonds is 4. The van der Waals surface area contributed by atoms with Crippen LogP contribution >= 0.6 is 0 Å². The van der Waals surface area contributed by atoms with E-state index in [0.29, 0.717) is 6.54 Å². The van der Waals surface area contributed by atoms with Gasteiger partial charge in [-0.2, -0.15) is 0 Å². The molecule has 4 heteroatoms. The summed E-state index contributed by atoms with van der Waals surface area (Å²) >= 11 is 0. The molecule has 1 fully saturated rings. The molecule has 4 nitrogen and oxygen atoms in total. The van der Waals surface area contributed by atoms with E-state index in [9.17, 15) is 4.79 Å². The van der Waals surface area contributed by atoms with Crippen LogP contribution in [0, 0.1) is 5.92 Å². The average Bonchev–Trinajstić information content (AvgIpc) is 2.78. The third-order valence-corrected chi connectivity index (χ3v) is 3.41. The van der Waals surface area contributed by atoms with Gasteiger partial charge in [-0.1, -0.05) is 24.3 Å². The van der Waals surface area contributed by atoms with Gasteiger partial charge in [0.15, 0.2) is 0 Å². The highest BCUT2D eigenvalue weighted by Gasteiger charge is 2.26. The molecule has 0 bridgehead atoms. The summed E-state index contributed by atoms with van der Waals surface area (Å²) in [6.45, 7) is 3.13. The summed E-state index contributed by atoms with van der Waals surface area (Å²) in [4.78, 5) is 13.4. The minimum atomic E-state index is -0.181. The van der Waals surface area contributed by atoms with Crippen molar-refractivity contribution in [3.05, 3.63) is 35.4 Å². The highest BCUT2D eigenvalue weighted by atomic mass is 16.1. The van der Waals surface area contributed by atoms with E-state index in [0.717, 1.165) is 26.1 Å². The normalized spacial score (nSPS) is 20.6. The van der Waals surface area contributed by atoms with Crippen molar-refractivity contribution in [3.63, 3.8) is 0 Å². The minimum absolute atomic E-state index is 0.0139. The fourth-order valence-corrected chi connectivity index (χ4v) is 2.36. The van der Waals surface area contributed by atoms with Crippen LogP contribution in [-0.4, -0.2) is 23.9 Å².